The van der Waals surface area contributed by atoms with Crippen LogP contribution in [0.4, 0.5) is 0 Å². The van der Waals surface area contributed by atoms with Crippen LogP contribution in [0.25, 0.3) is 0 Å². The van der Waals surface area contributed by atoms with Crippen LogP contribution < -0.4 is 5.32 Å². The molecule has 7 heteroatoms. The number of carbonyl (C=O) groups is 1. The minimum atomic E-state index is 0. The number of nitrogens with one attached hydrogen (secondary N) is 1. The first-order valence-electron chi connectivity index (χ1n) is 7.54. The van der Waals surface area contributed by atoms with E-state index in [-0.39, 0.29) is 30.7 Å². The molecule has 4 nitrogen and oxygen atoms in total. The summed E-state index contributed by atoms with van der Waals surface area (Å²) in [4.78, 5) is 20.1. The molecule has 22 heavy (non-hydrogen) atoms. The first kappa shape index (κ1) is 19.7. The van der Waals surface area contributed by atoms with Crippen LogP contribution in [0.15, 0.2) is 6.20 Å². The molecule has 0 bridgehead atoms. The summed E-state index contributed by atoms with van der Waals surface area (Å²) < 4.78 is 0. The zero-order chi connectivity index (χ0) is 14.2. The van der Waals surface area contributed by atoms with E-state index in [0.717, 1.165) is 43.8 Å². The smallest absolute Gasteiger partial charge is 0.226 e. The first-order chi connectivity index (χ1) is 9.64. The van der Waals surface area contributed by atoms with Gasteiger partial charge in [0.1, 0.15) is 5.01 Å². The van der Waals surface area contributed by atoms with E-state index in [1.807, 2.05) is 18.1 Å². The second-order valence-electron chi connectivity index (χ2n) is 6.14. The lowest BCUT2D eigenvalue weighted by molar-refractivity contribution is -0.132. The number of rotatable bonds is 4. The fourth-order valence-corrected chi connectivity index (χ4v) is 4.22. The molecular weight excluding hydrogens is 341 g/mol. The molecule has 1 aliphatic carbocycles. The molecule has 1 aromatic rings. The highest BCUT2D eigenvalue weighted by atomic mass is 35.5. The highest BCUT2D eigenvalue weighted by Crippen LogP contribution is 2.59. The van der Waals surface area contributed by atoms with Gasteiger partial charge in [0.2, 0.25) is 5.91 Å². The van der Waals surface area contributed by atoms with E-state index in [1.54, 1.807) is 11.3 Å². The Kier molecular flexibility index (Phi) is 7.12. The van der Waals surface area contributed by atoms with Crippen LogP contribution in [0.2, 0.25) is 0 Å². The second kappa shape index (κ2) is 7.95. The van der Waals surface area contributed by atoms with Crippen LogP contribution >= 0.6 is 36.2 Å². The Labute approximate surface area is 148 Å². The molecule has 1 N–H and O–H groups in total. The fraction of sp³-hybridized carbons (Fsp3) is 0.733. The Morgan fingerprint density at radius 1 is 1.45 bits per heavy atom. The molecule has 0 aromatic carbocycles. The van der Waals surface area contributed by atoms with Crippen molar-refractivity contribution in [1.29, 1.82) is 0 Å². The largest absolute Gasteiger partial charge is 0.339 e. The number of aryl methyl sites for hydroxylation is 1. The van der Waals surface area contributed by atoms with E-state index < -0.39 is 0 Å². The van der Waals surface area contributed by atoms with Gasteiger partial charge >= 0.3 is 0 Å². The Balaban J connectivity index is 0.00000121. The molecule has 1 aromatic heterocycles. The standard InChI is InChI=1S/C15H23N3OS.2ClH/c1-3-11-9-17-13(20-11)10-18(2)14(19)12-8-15(12)4-6-16-7-5-15;;/h9,12,16H,3-8,10H2,1-2H3;2*1H. The average Bonchev–Trinajstić information content (AvgIpc) is 2.95. The van der Waals surface area contributed by atoms with Crippen molar-refractivity contribution in [3.8, 4) is 0 Å². The van der Waals surface area contributed by atoms with E-state index in [1.165, 1.54) is 4.88 Å². The zero-order valence-electron chi connectivity index (χ0n) is 13.1. The van der Waals surface area contributed by atoms with Gasteiger partial charge in [-0.05, 0) is 44.2 Å². The van der Waals surface area contributed by atoms with Crippen molar-refractivity contribution >= 4 is 42.1 Å². The number of amides is 1. The van der Waals surface area contributed by atoms with Gasteiger partial charge in [0.05, 0.1) is 6.54 Å². The molecule has 2 aliphatic rings. The molecule has 1 amide bonds. The van der Waals surface area contributed by atoms with E-state index in [0.29, 0.717) is 17.9 Å². The summed E-state index contributed by atoms with van der Waals surface area (Å²) in [5.41, 5.74) is 0.327. The van der Waals surface area contributed by atoms with Crippen LogP contribution in [-0.4, -0.2) is 35.9 Å². The average molecular weight is 366 g/mol. The maximum atomic E-state index is 12.5. The van der Waals surface area contributed by atoms with Crippen molar-refractivity contribution in [1.82, 2.24) is 15.2 Å². The van der Waals surface area contributed by atoms with Crippen molar-refractivity contribution in [2.75, 3.05) is 20.1 Å². The molecule has 1 atom stereocenters. The van der Waals surface area contributed by atoms with Crippen molar-refractivity contribution < 1.29 is 4.79 Å². The molecule has 126 valence electrons. The van der Waals surface area contributed by atoms with Crippen molar-refractivity contribution in [2.45, 2.75) is 39.2 Å². The van der Waals surface area contributed by atoms with E-state index in [4.69, 9.17) is 0 Å². The predicted octanol–water partition coefficient (Wildman–Crippen LogP) is 2.90. The topological polar surface area (TPSA) is 45.2 Å². The van der Waals surface area contributed by atoms with Gasteiger partial charge in [0.15, 0.2) is 0 Å². The molecule has 1 saturated heterocycles. The monoisotopic (exact) mass is 365 g/mol. The summed E-state index contributed by atoms with van der Waals surface area (Å²) in [6.07, 6.45) is 6.37. The Hall–Kier alpha value is -0.360. The summed E-state index contributed by atoms with van der Waals surface area (Å²) in [6, 6.07) is 0. The number of piperidine rings is 1. The Bertz CT molecular complexity index is 503. The minimum absolute atomic E-state index is 0. The maximum Gasteiger partial charge on any atom is 0.226 e. The van der Waals surface area contributed by atoms with Gasteiger partial charge in [-0.1, -0.05) is 6.92 Å². The molecular formula is C15H25Cl2N3OS. The van der Waals surface area contributed by atoms with Crippen molar-refractivity contribution in [2.24, 2.45) is 11.3 Å². The van der Waals surface area contributed by atoms with Crippen LogP contribution in [0.1, 0.15) is 36.1 Å². The molecule has 1 saturated carbocycles. The second-order valence-corrected chi connectivity index (χ2v) is 7.34. The number of halogens is 2. The van der Waals surface area contributed by atoms with Gasteiger partial charge in [-0.15, -0.1) is 36.2 Å². The summed E-state index contributed by atoms with van der Waals surface area (Å²) in [7, 11) is 1.92. The third kappa shape index (κ3) is 3.94. The normalized spacial score (nSPS) is 21.6. The van der Waals surface area contributed by atoms with Gasteiger partial charge in [0.25, 0.3) is 0 Å². The highest BCUT2D eigenvalue weighted by Gasteiger charge is 2.58. The summed E-state index contributed by atoms with van der Waals surface area (Å²) in [5.74, 6) is 0.584. The quantitative estimate of drug-likeness (QED) is 0.891. The lowest BCUT2D eigenvalue weighted by atomic mass is 9.91. The summed E-state index contributed by atoms with van der Waals surface area (Å²) in [5, 5.41) is 4.44. The molecule has 2 heterocycles. The van der Waals surface area contributed by atoms with Crippen LogP contribution in [0, 0.1) is 11.3 Å². The summed E-state index contributed by atoms with van der Waals surface area (Å²) >= 11 is 1.72. The van der Waals surface area contributed by atoms with E-state index in [2.05, 4.69) is 17.2 Å². The SMILES string of the molecule is CCc1cnc(CN(C)C(=O)C2CC23CCNCC3)s1.Cl.Cl. The van der Waals surface area contributed by atoms with Crippen molar-refractivity contribution in [3.63, 3.8) is 0 Å². The third-order valence-electron chi connectivity index (χ3n) is 4.79. The first-order valence-corrected chi connectivity index (χ1v) is 8.35. The Morgan fingerprint density at radius 3 is 2.73 bits per heavy atom. The fourth-order valence-electron chi connectivity index (χ4n) is 3.31. The zero-order valence-corrected chi connectivity index (χ0v) is 15.6. The number of hydrogen-bond acceptors (Lipinski definition) is 4. The van der Waals surface area contributed by atoms with Crippen molar-refractivity contribution in [3.05, 3.63) is 16.1 Å². The van der Waals surface area contributed by atoms with Gasteiger partial charge in [0, 0.05) is 24.0 Å². The highest BCUT2D eigenvalue weighted by molar-refractivity contribution is 7.11. The van der Waals surface area contributed by atoms with E-state index in [9.17, 15) is 4.79 Å². The minimum Gasteiger partial charge on any atom is -0.339 e. The molecule has 1 aliphatic heterocycles. The number of nitrogens with zero attached hydrogens (tertiary/aromatic N) is 2. The third-order valence-corrected chi connectivity index (χ3v) is 5.91. The maximum absolute atomic E-state index is 12.5. The number of aromatic nitrogens is 1. The number of thiazole rings is 1. The number of hydrogen-bond donors (Lipinski definition) is 1. The molecule has 2 fully saturated rings. The predicted molar refractivity (Wildman–Crippen MR) is 95.1 cm³/mol. The van der Waals surface area contributed by atoms with Crippen LogP contribution in [0.5, 0.6) is 0 Å². The lowest BCUT2D eigenvalue weighted by Gasteiger charge is -2.24. The summed E-state index contributed by atoms with van der Waals surface area (Å²) in [6.45, 7) is 4.94. The lowest BCUT2D eigenvalue weighted by Crippen LogP contribution is -2.34. The van der Waals surface area contributed by atoms with Gasteiger partial charge < -0.3 is 10.2 Å². The molecule has 1 unspecified atom stereocenters. The van der Waals surface area contributed by atoms with Gasteiger partial charge in [-0.3, -0.25) is 4.79 Å². The Morgan fingerprint density at radius 2 is 2.14 bits per heavy atom. The van der Waals surface area contributed by atoms with E-state index >= 15 is 0 Å². The molecule has 1 spiro atoms. The van der Waals surface area contributed by atoms with Crippen LogP contribution in [0.3, 0.4) is 0 Å². The van der Waals surface area contributed by atoms with Gasteiger partial charge in [-0.2, -0.15) is 0 Å². The van der Waals surface area contributed by atoms with Crippen LogP contribution in [-0.2, 0) is 17.8 Å². The van der Waals surface area contributed by atoms with Gasteiger partial charge in [-0.25, -0.2) is 4.98 Å². The number of carbonyl (C=O) groups excluding carboxylic acids is 1. The molecule has 3 rings (SSSR count). The molecule has 0 radical (unpaired) electrons.